The maximum Gasteiger partial charge on any atom is 0.266 e. The summed E-state index contributed by atoms with van der Waals surface area (Å²) in [6.45, 7) is 4.76. The molecule has 2 aromatic heterocycles. The van der Waals surface area contributed by atoms with Crippen LogP contribution in [0.2, 0.25) is 0 Å². The van der Waals surface area contributed by atoms with Crippen molar-refractivity contribution >= 4 is 16.7 Å². The van der Waals surface area contributed by atoms with E-state index in [2.05, 4.69) is 20.0 Å². The van der Waals surface area contributed by atoms with Crippen LogP contribution in [0, 0.1) is 17.8 Å². The Kier molecular flexibility index (Phi) is 5.94. The third-order valence-corrected chi connectivity index (χ3v) is 6.85. The van der Waals surface area contributed by atoms with Crippen LogP contribution >= 0.6 is 0 Å². The van der Waals surface area contributed by atoms with Gasteiger partial charge in [-0.3, -0.25) is 4.21 Å². The number of hydrogen-bond donors (Lipinski definition) is 0. The molecule has 3 unspecified atom stereocenters. The smallest absolute Gasteiger partial charge is 0.266 e. The van der Waals surface area contributed by atoms with Crippen molar-refractivity contribution < 1.29 is 13.5 Å². The predicted molar refractivity (Wildman–Crippen MR) is 107 cm³/mol. The van der Waals surface area contributed by atoms with E-state index in [0.717, 1.165) is 54.5 Å². The number of piperidine rings is 1. The average Bonchev–Trinajstić information content (AvgIpc) is 3.33. The van der Waals surface area contributed by atoms with E-state index in [-0.39, 0.29) is 0 Å². The van der Waals surface area contributed by atoms with Gasteiger partial charge in [0.2, 0.25) is 11.8 Å². The normalized spacial score (nSPS) is 23.6. The molecule has 152 valence electrons. The molecule has 3 atom stereocenters. The molecular formula is C20H28N4O3S. The van der Waals surface area contributed by atoms with Crippen LogP contribution < -0.4 is 9.64 Å². The Labute approximate surface area is 168 Å². The van der Waals surface area contributed by atoms with E-state index in [1.807, 2.05) is 13.0 Å². The molecule has 0 radical (unpaired) electrons. The van der Waals surface area contributed by atoms with Crippen molar-refractivity contribution in [1.82, 2.24) is 15.1 Å². The number of rotatable bonds is 8. The summed E-state index contributed by atoms with van der Waals surface area (Å²) in [5, 5.41) is 4.10. The van der Waals surface area contributed by atoms with Gasteiger partial charge in [0.05, 0.1) is 22.3 Å². The second-order valence-corrected chi connectivity index (χ2v) is 9.13. The Morgan fingerprint density at radius 1 is 1.32 bits per heavy atom. The van der Waals surface area contributed by atoms with Crippen molar-refractivity contribution in [3.8, 4) is 5.88 Å². The van der Waals surface area contributed by atoms with Crippen LogP contribution in [0.4, 0.5) is 5.95 Å². The Bertz CT molecular complexity index is 802. The van der Waals surface area contributed by atoms with Gasteiger partial charge in [0.15, 0.2) is 0 Å². The number of ether oxygens (including phenoxy) is 1. The summed E-state index contributed by atoms with van der Waals surface area (Å²) >= 11 is 0. The molecule has 4 rings (SSSR count). The van der Waals surface area contributed by atoms with E-state index in [1.54, 1.807) is 18.5 Å². The molecule has 2 aliphatic rings. The van der Waals surface area contributed by atoms with Crippen molar-refractivity contribution in [3.63, 3.8) is 0 Å². The van der Waals surface area contributed by atoms with Crippen LogP contribution in [0.3, 0.4) is 0 Å². The Hall–Kier alpha value is -1.96. The summed E-state index contributed by atoms with van der Waals surface area (Å²) < 4.78 is 22.4. The molecule has 0 aromatic carbocycles. The summed E-state index contributed by atoms with van der Waals surface area (Å²) in [7, 11) is -0.997. The molecule has 1 saturated heterocycles. The first-order chi connectivity index (χ1) is 13.6. The van der Waals surface area contributed by atoms with Crippen LogP contribution in [0.15, 0.2) is 27.7 Å². The summed E-state index contributed by atoms with van der Waals surface area (Å²) in [5.74, 6) is 4.49. The molecule has 0 N–H and O–H groups in total. The molecule has 1 aliphatic carbocycles. The Morgan fingerprint density at radius 2 is 2.14 bits per heavy atom. The highest BCUT2D eigenvalue weighted by Gasteiger charge is 2.43. The minimum atomic E-state index is -0.997. The lowest BCUT2D eigenvalue weighted by atomic mass is 9.90. The number of aromatic nitrogens is 3. The van der Waals surface area contributed by atoms with Crippen molar-refractivity contribution in [2.75, 3.05) is 30.9 Å². The molecule has 7 nitrogen and oxygen atoms in total. The summed E-state index contributed by atoms with van der Waals surface area (Å²) in [6, 6.07) is 3.62. The van der Waals surface area contributed by atoms with E-state index >= 15 is 0 Å². The van der Waals surface area contributed by atoms with Crippen molar-refractivity contribution in [3.05, 3.63) is 24.2 Å². The highest BCUT2D eigenvalue weighted by molar-refractivity contribution is 7.84. The third kappa shape index (κ3) is 4.54. The lowest BCUT2D eigenvalue weighted by Gasteiger charge is -2.31. The first-order valence-corrected chi connectivity index (χ1v) is 11.7. The summed E-state index contributed by atoms with van der Waals surface area (Å²) in [5.41, 5.74) is 0. The van der Waals surface area contributed by atoms with Crippen LogP contribution in [0.25, 0.3) is 0 Å². The van der Waals surface area contributed by atoms with Crippen LogP contribution in [0.1, 0.15) is 38.5 Å². The minimum Gasteiger partial charge on any atom is -0.478 e. The number of hydrogen-bond acceptors (Lipinski definition) is 7. The van der Waals surface area contributed by atoms with Crippen LogP contribution in [-0.2, 0) is 17.2 Å². The van der Waals surface area contributed by atoms with Gasteiger partial charge in [-0.2, -0.15) is 4.98 Å². The average molecular weight is 405 g/mol. The van der Waals surface area contributed by atoms with Crippen molar-refractivity contribution in [2.45, 2.75) is 43.9 Å². The zero-order chi connectivity index (χ0) is 19.5. The first kappa shape index (κ1) is 19.4. The lowest BCUT2D eigenvalue weighted by molar-refractivity contribution is 0.275. The van der Waals surface area contributed by atoms with Gasteiger partial charge in [-0.15, -0.1) is 0 Å². The topological polar surface area (TPSA) is 81.4 Å². The Balaban J connectivity index is 1.16. The number of aryl methyl sites for hydroxylation is 1. The molecule has 3 heterocycles. The largest absolute Gasteiger partial charge is 0.478 e. The monoisotopic (exact) mass is 404 g/mol. The second kappa shape index (κ2) is 8.59. The van der Waals surface area contributed by atoms with Gasteiger partial charge in [0.25, 0.3) is 5.95 Å². The highest BCUT2D eigenvalue weighted by Crippen LogP contribution is 2.49. The fraction of sp³-hybridized carbons (Fsp3) is 0.650. The van der Waals surface area contributed by atoms with Crippen LogP contribution in [0.5, 0.6) is 5.88 Å². The van der Waals surface area contributed by atoms with Gasteiger partial charge in [0.1, 0.15) is 0 Å². The predicted octanol–water partition coefficient (Wildman–Crippen LogP) is 3.09. The maximum atomic E-state index is 11.4. The van der Waals surface area contributed by atoms with Gasteiger partial charge in [-0.25, -0.2) is 4.98 Å². The molecule has 0 bridgehead atoms. The maximum absolute atomic E-state index is 11.4. The van der Waals surface area contributed by atoms with E-state index in [1.165, 1.54) is 19.3 Å². The molecule has 8 heteroatoms. The third-order valence-electron chi connectivity index (χ3n) is 5.94. The van der Waals surface area contributed by atoms with E-state index in [9.17, 15) is 4.21 Å². The van der Waals surface area contributed by atoms with E-state index in [0.29, 0.717) is 18.4 Å². The molecular weight excluding hydrogens is 376 g/mol. The van der Waals surface area contributed by atoms with E-state index in [4.69, 9.17) is 9.26 Å². The lowest BCUT2D eigenvalue weighted by Crippen LogP contribution is -2.35. The molecule has 1 aliphatic heterocycles. The number of anilines is 1. The molecule has 2 fully saturated rings. The Morgan fingerprint density at radius 3 is 2.79 bits per heavy atom. The minimum absolute atomic E-state index is 0.617. The zero-order valence-electron chi connectivity index (χ0n) is 16.5. The molecule has 1 saturated carbocycles. The molecule has 28 heavy (non-hydrogen) atoms. The van der Waals surface area contributed by atoms with E-state index < -0.39 is 10.8 Å². The quantitative estimate of drug-likeness (QED) is 0.669. The van der Waals surface area contributed by atoms with Gasteiger partial charge in [-0.1, -0.05) is 6.92 Å². The molecule has 2 aromatic rings. The standard InChI is InChI=1S/C20H28N4O3S/c1-3-18-22-20(23-27-18)24-9-6-14(7-10-24)17-12-15(17)8-11-26-19-5-4-16(13-21-19)28(2)25/h4-5,13-15,17H,3,6-12H2,1-2H3. The highest BCUT2D eigenvalue weighted by atomic mass is 32.2. The number of pyridine rings is 1. The van der Waals surface area contributed by atoms with Gasteiger partial charge in [0, 0.05) is 38.0 Å². The van der Waals surface area contributed by atoms with Gasteiger partial charge >= 0.3 is 0 Å². The van der Waals surface area contributed by atoms with Gasteiger partial charge in [-0.05, 0) is 54.7 Å². The fourth-order valence-electron chi connectivity index (χ4n) is 4.16. The van der Waals surface area contributed by atoms with Crippen LogP contribution in [-0.4, -0.2) is 45.3 Å². The SMILES string of the molecule is CCc1nc(N2CCC(C3CC3CCOc3ccc(S(C)=O)cn3)CC2)no1. The molecule has 0 amide bonds. The summed E-state index contributed by atoms with van der Waals surface area (Å²) in [6.07, 6.45) is 8.87. The molecule has 0 spiro atoms. The first-order valence-electron chi connectivity index (χ1n) is 10.1. The number of nitrogens with zero attached hydrogens (tertiary/aromatic N) is 4. The summed E-state index contributed by atoms with van der Waals surface area (Å²) in [4.78, 5) is 11.7. The van der Waals surface area contributed by atoms with Crippen molar-refractivity contribution in [1.29, 1.82) is 0 Å². The fourth-order valence-corrected chi connectivity index (χ4v) is 4.62. The van der Waals surface area contributed by atoms with Gasteiger partial charge < -0.3 is 14.2 Å². The van der Waals surface area contributed by atoms with Crippen molar-refractivity contribution in [2.24, 2.45) is 17.8 Å². The zero-order valence-corrected chi connectivity index (χ0v) is 17.4. The second-order valence-electron chi connectivity index (χ2n) is 7.75.